The van der Waals surface area contributed by atoms with E-state index in [1.165, 1.54) is 31.2 Å². The molecule has 1 unspecified atom stereocenters. The van der Waals surface area contributed by atoms with Crippen LogP contribution >= 0.6 is 0 Å². The number of carbonyl (C=O) groups is 1. The predicted molar refractivity (Wildman–Crippen MR) is 149 cm³/mol. The number of nitrogens with one attached hydrogen (secondary N) is 3. The zero-order valence-corrected chi connectivity index (χ0v) is 21.5. The number of aromatic amines is 1. The normalized spacial score (nSPS) is 18.4. The van der Waals surface area contributed by atoms with Gasteiger partial charge in [0.2, 0.25) is 5.91 Å². The van der Waals surface area contributed by atoms with Gasteiger partial charge in [-0.15, -0.1) is 12.3 Å². The van der Waals surface area contributed by atoms with Gasteiger partial charge in [-0.1, -0.05) is 49.2 Å². The van der Waals surface area contributed by atoms with E-state index in [1.54, 1.807) is 6.08 Å². The summed E-state index contributed by atoms with van der Waals surface area (Å²) in [7, 11) is 0. The molecule has 3 N–H and O–H groups in total. The van der Waals surface area contributed by atoms with Crippen molar-refractivity contribution in [1.29, 1.82) is 0 Å². The number of fused-ring (bicyclic) bond motifs is 1. The van der Waals surface area contributed by atoms with Crippen molar-refractivity contribution in [2.75, 3.05) is 19.6 Å². The van der Waals surface area contributed by atoms with Crippen LogP contribution in [0.25, 0.3) is 10.9 Å². The van der Waals surface area contributed by atoms with Crippen LogP contribution in [-0.4, -0.2) is 46.0 Å². The largest absolute Gasteiger partial charge is 0.361 e. The summed E-state index contributed by atoms with van der Waals surface area (Å²) in [6, 6.07) is 19.3. The number of hydrogen-bond acceptors (Lipinski definition) is 4. The maximum atomic E-state index is 13.7. The minimum absolute atomic E-state index is 0.0144. The van der Waals surface area contributed by atoms with Crippen molar-refractivity contribution in [3.05, 3.63) is 84.1 Å². The Morgan fingerprint density at radius 3 is 2.59 bits per heavy atom. The predicted octanol–water partition coefficient (Wildman–Crippen LogP) is 4.89. The van der Waals surface area contributed by atoms with Crippen LogP contribution in [0.15, 0.2) is 72.9 Å². The molecule has 1 aromatic heterocycles. The molecule has 2 aliphatic heterocycles. The molecule has 37 heavy (non-hydrogen) atoms. The zero-order valence-electron chi connectivity index (χ0n) is 21.5. The number of hydrogen-bond donors (Lipinski definition) is 3. The molecule has 6 nitrogen and oxygen atoms in total. The second-order valence-electron chi connectivity index (χ2n) is 10.3. The molecule has 2 aliphatic rings. The van der Waals surface area contributed by atoms with Gasteiger partial charge in [0.05, 0.1) is 6.04 Å². The number of amides is 1. The average molecular weight is 496 g/mol. The van der Waals surface area contributed by atoms with Crippen molar-refractivity contribution in [1.82, 2.24) is 25.6 Å². The van der Waals surface area contributed by atoms with E-state index in [0.29, 0.717) is 19.5 Å². The van der Waals surface area contributed by atoms with Gasteiger partial charge in [-0.05, 0) is 73.1 Å². The first kappa shape index (κ1) is 25.3. The molecule has 0 saturated carbocycles. The van der Waals surface area contributed by atoms with E-state index >= 15 is 0 Å². The fraction of sp³-hybridized carbons (Fsp3) is 0.387. The lowest BCUT2D eigenvalue weighted by atomic mass is 10.0. The van der Waals surface area contributed by atoms with Crippen LogP contribution in [0.3, 0.4) is 0 Å². The van der Waals surface area contributed by atoms with Crippen molar-refractivity contribution < 1.29 is 4.79 Å². The molecular weight excluding hydrogens is 458 g/mol. The molecular formula is C31H37N5O. The molecule has 3 heterocycles. The smallest absolute Gasteiger partial charge is 0.246 e. The van der Waals surface area contributed by atoms with Gasteiger partial charge < -0.3 is 9.88 Å². The van der Waals surface area contributed by atoms with Crippen molar-refractivity contribution in [2.24, 2.45) is 0 Å². The maximum Gasteiger partial charge on any atom is 0.246 e. The first-order chi connectivity index (χ1) is 18.2. The summed E-state index contributed by atoms with van der Waals surface area (Å²) in [6.45, 7) is 3.32. The standard InChI is InChI=1S/C31H37N5O/c1-2-3-17-31(33-34-31)18-15-30(37)36(23-25-13-14-28-27(22-25)16-19-32-28)24-29(26-11-7-6-8-12-26)35-20-9-4-5-10-21-35/h1,6-8,11-16,18-19,22,29,32-34H,3-5,9-10,17,20-21,23-24H2. The monoisotopic (exact) mass is 495 g/mol. The topological polar surface area (TPSA) is 83.2 Å². The van der Waals surface area contributed by atoms with E-state index in [0.717, 1.165) is 36.0 Å². The number of likely N-dealkylation sites (tertiary alicyclic amines) is 1. The lowest BCUT2D eigenvalue weighted by Gasteiger charge is -2.35. The number of carbonyl (C=O) groups excluding carboxylic acids is 1. The molecule has 0 bridgehead atoms. The Kier molecular flexibility index (Phi) is 8.05. The van der Waals surface area contributed by atoms with Gasteiger partial charge in [0, 0.05) is 37.3 Å². The van der Waals surface area contributed by atoms with Crippen LogP contribution < -0.4 is 10.9 Å². The lowest BCUT2D eigenvalue weighted by molar-refractivity contribution is -0.127. The quantitative estimate of drug-likeness (QED) is 0.213. The van der Waals surface area contributed by atoms with Crippen molar-refractivity contribution in [3.8, 4) is 12.3 Å². The SMILES string of the molecule is C#CCCC1(C=CC(=O)N(Cc2ccc3[nH]ccc3c2)CC(c2ccccc2)N2CCCCCC2)NN1. The summed E-state index contributed by atoms with van der Waals surface area (Å²) < 4.78 is 0. The third-order valence-electron chi connectivity index (χ3n) is 7.58. The Labute approximate surface area is 220 Å². The molecule has 1 atom stereocenters. The van der Waals surface area contributed by atoms with Gasteiger partial charge in [-0.3, -0.25) is 9.69 Å². The number of aromatic nitrogens is 1. The lowest BCUT2D eigenvalue weighted by Crippen LogP contribution is -2.41. The summed E-state index contributed by atoms with van der Waals surface area (Å²) in [5, 5.41) is 1.16. The van der Waals surface area contributed by atoms with Gasteiger partial charge in [-0.25, -0.2) is 10.9 Å². The molecule has 5 rings (SSSR count). The molecule has 0 radical (unpaired) electrons. The van der Waals surface area contributed by atoms with Gasteiger partial charge in [0.15, 0.2) is 0 Å². The highest BCUT2D eigenvalue weighted by atomic mass is 16.2. The van der Waals surface area contributed by atoms with E-state index in [1.807, 2.05) is 17.2 Å². The number of hydrazine groups is 1. The number of nitrogens with zero attached hydrogens (tertiary/aromatic N) is 2. The van der Waals surface area contributed by atoms with E-state index < -0.39 is 0 Å². The second-order valence-corrected chi connectivity index (χ2v) is 10.3. The molecule has 6 heteroatoms. The Bertz CT molecular complexity index is 1250. The van der Waals surface area contributed by atoms with Crippen molar-refractivity contribution in [2.45, 2.75) is 56.8 Å². The van der Waals surface area contributed by atoms with Crippen LogP contribution in [0.5, 0.6) is 0 Å². The Hall–Kier alpha value is -3.37. The third kappa shape index (κ3) is 6.50. The number of H-pyrrole nitrogens is 1. The highest BCUT2D eigenvalue weighted by Crippen LogP contribution is 2.27. The van der Waals surface area contributed by atoms with Crippen LogP contribution in [0.1, 0.15) is 55.7 Å². The third-order valence-corrected chi connectivity index (χ3v) is 7.58. The fourth-order valence-corrected chi connectivity index (χ4v) is 5.34. The highest BCUT2D eigenvalue weighted by molar-refractivity contribution is 5.88. The number of terminal acetylenes is 1. The maximum absolute atomic E-state index is 13.7. The van der Waals surface area contributed by atoms with E-state index in [4.69, 9.17) is 6.42 Å². The van der Waals surface area contributed by atoms with Crippen LogP contribution in [-0.2, 0) is 11.3 Å². The molecule has 2 saturated heterocycles. The highest BCUT2D eigenvalue weighted by Gasteiger charge is 2.38. The molecule has 0 aliphatic carbocycles. The van der Waals surface area contributed by atoms with Crippen LogP contribution in [0.2, 0.25) is 0 Å². The van der Waals surface area contributed by atoms with Crippen LogP contribution in [0, 0.1) is 12.3 Å². The first-order valence-electron chi connectivity index (χ1n) is 13.5. The molecule has 1 amide bonds. The fourth-order valence-electron chi connectivity index (χ4n) is 5.34. The summed E-state index contributed by atoms with van der Waals surface area (Å²) in [6.07, 6.45) is 17.4. The van der Waals surface area contributed by atoms with E-state index in [2.05, 4.69) is 81.3 Å². The minimum atomic E-state index is -0.374. The van der Waals surface area contributed by atoms with Crippen LogP contribution in [0.4, 0.5) is 0 Å². The van der Waals surface area contributed by atoms with Gasteiger partial charge in [0.25, 0.3) is 0 Å². The van der Waals surface area contributed by atoms with E-state index in [9.17, 15) is 4.79 Å². The van der Waals surface area contributed by atoms with Crippen molar-refractivity contribution >= 4 is 16.8 Å². The summed E-state index contributed by atoms with van der Waals surface area (Å²) >= 11 is 0. The van der Waals surface area contributed by atoms with Gasteiger partial charge >= 0.3 is 0 Å². The zero-order chi connectivity index (χ0) is 25.5. The summed E-state index contributed by atoms with van der Waals surface area (Å²) in [5.74, 6) is 2.70. The second kappa shape index (κ2) is 11.8. The van der Waals surface area contributed by atoms with Crippen molar-refractivity contribution in [3.63, 3.8) is 0 Å². The summed E-state index contributed by atoms with van der Waals surface area (Å²) in [5.41, 5.74) is 9.43. The van der Waals surface area contributed by atoms with E-state index in [-0.39, 0.29) is 17.6 Å². The molecule has 0 spiro atoms. The summed E-state index contributed by atoms with van der Waals surface area (Å²) in [4.78, 5) is 21.6. The Morgan fingerprint density at radius 2 is 1.86 bits per heavy atom. The molecule has 2 aromatic carbocycles. The number of benzene rings is 2. The Balaban J connectivity index is 1.42. The number of rotatable bonds is 10. The Morgan fingerprint density at radius 1 is 1.08 bits per heavy atom. The molecule has 2 fully saturated rings. The molecule has 3 aromatic rings. The molecule has 192 valence electrons. The average Bonchev–Trinajstić information content (AvgIpc) is 3.63. The minimum Gasteiger partial charge on any atom is -0.361 e. The van der Waals surface area contributed by atoms with Gasteiger partial charge in [-0.2, -0.15) is 0 Å². The van der Waals surface area contributed by atoms with Gasteiger partial charge in [0.1, 0.15) is 5.66 Å². The first-order valence-corrected chi connectivity index (χ1v) is 13.5.